The second-order valence-electron chi connectivity index (χ2n) is 22.8. The Labute approximate surface area is 550 Å². The molecule has 8 aromatic carbocycles. The highest BCUT2D eigenvalue weighted by Crippen LogP contribution is 2.16. The van der Waals surface area contributed by atoms with E-state index in [1.807, 2.05) is 243 Å². The monoisotopic (exact) mass is 1270 g/mol. The minimum atomic E-state index is -0.627. The number of ether oxygens (including phenoxy) is 14. The lowest BCUT2D eigenvalue weighted by molar-refractivity contribution is -0.150. The molecule has 0 aromatic heterocycles. The Balaban J connectivity index is 0.968. The first kappa shape index (κ1) is 72.0. The van der Waals surface area contributed by atoms with E-state index in [0.717, 1.165) is 44.5 Å². The molecule has 93 heavy (non-hydrogen) atoms. The van der Waals surface area contributed by atoms with Gasteiger partial charge in [0.15, 0.2) is 0 Å². The number of aliphatic hydroxyl groups is 1. The summed E-state index contributed by atoms with van der Waals surface area (Å²) < 4.78 is 90.3. The summed E-state index contributed by atoms with van der Waals surface area (Å²) in [4.78, 5) is 0. The number of aliphatic hydroxyl groups excluding tert-OH is 1. The molecule has 0 unspecified atom stereocenters. The van der Waals surface area contributed by atoms with Gasteiger partial charge < -0.3 is 71.4 Å². The predicted molar refractivity (Wildman–Crippen MR) is 358 cm³/mol. The summed E-state index contributed by atoms with van der Waals surface area (Å²) in [5, 5.41) is 11.1. The fourth-order valence-electron chi connectivity index (χ4n) is 9.60. The summed E-state index contributed by atoms with van der Waals surface area (Å²) in [5.74, 6) is -0.494. The van der Waals surface area contributed by atoms with Crippen molar-refractivity contribution in [2.45, 2.75) is 89.5 Å². The zero-order valence-corrected chi connectivity index (χ0v) is 53.6. The molecule has 15 nitrogen and oxygen atoms in total. The largest absolute Gasteiger partial charge is 0.396 e. The highest BCUT2D eigenvalue weighted by molar-refractivity contribution is 5.18. The van der Waals surface area contributed by atoms with Crippen LogP contribution in [-0.2, 0) is 119 Å². The van der Waals surface area contributed by atoms with Gasteiger partial charge in [0.1, 0.15) is 36.6 Å². The number of rotatable bonds is 51. The van der Waals surface area contributed by atoms with Crippen molar-refractivity contribution < 1.29 is 71.4 Å². The summed E-state index contributed by atoms with van der Waals surface area (Å²) >= 11 is 0. The Hall–Kier alpha value is -6.84. The molecule has 0 atom stereocenters. The molecular formula is C78H94O15. The van der Waals surface area contributed by atoms with E-state index in [1.165, 1.54) is 0 Å². The minimum Gasteiger partial charge on any atom is -0.396 e. The molecule has 0 radical (unpaired) electrons. The summed E-state index contributed by atoms with van der Waals surface area (Å²) in [6.07, 6.45) is -3.11. The van der Waals surface area contributed by atoms with E-state index in [2.05, 4.69) is 0 Å². The molecule has 0 aliphatic carbocycles. The molecule has 0 saturated carbocycles. The first-order valence-electron chi connectivity index (χ1n) is 32.3. The predicted octanol–water partition coefficient (Wildman–Crippen LogP) is 12.6. The van der Waals surface area contributed by atoms with E-state index in [1.54, 1.807) is 0 Å². The normalized spacial score (nSPS) is 11.8. The van der Waals surface area contributed by atoms with Gasteiger partial charge in [-0.2, -0.15) is 0 Å². The summed E-state index contributed by atoms with van der Waals surface area (Å²) in [7, 11) is 0. The van der Waals surface area contributed by atoms with Crippen LogP contribution in [0.1, 0.15) is 44.5 Å². The van der Waals surface area contributed by atoms with Crippen LogP contribution in [0.25, 0.3) is 0 Å². The highest BCUT2D eigenvalue weighted by atomic mass is 16.6. The maximum absolute atomic E-state index is 11.1. The zero-order valence-electron chi connectivity index (χ0n) is 53.6. The van der Waals surface area contributed by atoms with Crippen molar-refractivity contribution in [1.82, 2.24) is 0 Å². The molecule has 496 valence electrons. The second kappa shape index (κ2) is 45.5. The van der Waals surface area contributed by atoms with E-state index in [4.69, 9.17) is 66.3 Å². The van der Waals surface area contributed by atoms with Crippen molar-refractivity contribution in [2.75, 3.05) is 99.1 Å². The molecule has 8 aromatic rings. The fourth-order valence-corrected chi connectivity index (χ4v) is 9.60. The van der Waals surface area contributed by atoms with Crippen molar-refractivity contribution in [2.24, 2.45) is 5.92 Å². The van der Waals surface area contributed by atoms with Gasteiger partial charge in [-0.1, -0.05) is 243 Å². The lowest BCUT2D eigenvalue weighted by Crippen LogP contribution is -2.38. The van der Waals surface area contributed by atoms with Crippen LogP contribution in [0.4, 0.5) is 0 Å². The van der Waals surface area contributed by atoms with Crippen LogP contribution in [0.15, 0.2) is 243 Å². The number of benzene rings is 8. The maximum Gasteiger partial charge on any atom is 0.104 e. The van der Waals surface area contributed by atoms with Crippen molar-refractivity contribution in [3.05, 3.63) is 287 Å². The van der Waals surface area contributed by atoms with Gasteiger partial charge in [0.25, 0.3) is 0 Å². The Bertz CT molecular complexity index is 2450. The third-order valence-electron chi connectivity index (χ3n) is 14.8. The first-order chi connectivity index (χ1) is 46.1. The molecule has 0 amide bonds. The van der Waals surface area contributed by atoms with Crippen molar-refractivity contribution in [3.8, 4) is 0 Å². The number of hydrogen-bond acceptors (Lipinski definition) is 15. The molecule has 0 heterocycles. The minimum absolute atomic E-state index is 0.0915. The molecular weight excluding hydrogens is 1180 g/mol. The van der Waals surface area contributed by atoms with Crippen LogP contribution in [0.5, 0.6) is 0 Å². The summed E-state index contributed by atoms with van der Waals surface area (Å²) in [5.41, 5.74) is 8.37. The van der Waals surface area contributed by atoms with E-state index in [9.17, 15) is 5.11 Å². The van der Waals surface area contributed by atoms with Gasteiger partial charge in [0.05, 0.1) is 152 Å². The third kappa shape index (κ3) is 31.3. The summed E-state index contributed by atoms with van der Waals surface area (Å²) in [6.45, 7) is 5.70. The lowest BCUT2D eigenvalue weighted by atomic mass is 10.2. The molecule has 0 spiro atoms. The SMILES string of the molecule is OCC(COC(COC(COCc1ccccc1)COCc1ccccc1)COC(COCc1ccccc1)COCc1ccccc1)COC(COC(COCc1ccccc1)COCc1ccccc1)COC(COCc1ccccc1)COCc1ccccc1. The molecule has 0 fully saturated rings. The molecule has 0 aliphatic heterocycles. The van der Waals surface area contributed by atoms with Crippen LogP contribution in [-0.4, -0.2) is 141 Å². The quantitative estimate of drug-likeness (QED) is 0.0385. The zero-order chi connectivity index (χ0) is 64.1. The average molecular weight is 1270 g/mol. The molecule has 0 aliphatic rings. The second-order valence-corrected chi connectivity index (χ2v) is 22.8. The lowest BCUT2D eigenvalue weighted by Gasteiger charge is -2.28. The van der Waals surface area contributed by atoms with Gasteiger partial charge in [-0.25, -0.2) is 0 Å². The summed E-state index contributed by atoms with van der Waals surface area (Å²) in [6, 6.07) is 80.2. The Kier molecular flexibility index (Phi) is 35.2. The van der Waals surface area contributed by atoms with Crippen molar-refractivity contribution in [1.29, 1.82) is 0 Å². The van der Waals surface area contributed by atoms with E-state index >= 15 is 0 Å². The van der Waals surface area contributed by atoms with Crippen LogP contribution in [0.3, 0.4) is 0 Å². The Morgan fingerprint density at radius 1 is 0.183 bits per heavy atom. The van der Waals surface area contributed by atoms with Gasteiger partial charge in [0.2, 0.25) is 0 Å². The van der Waals surface area contributed by atoms with Crippen LogP contribution in [0.2, 0.25) is 0 Å². The standard InChI is InChI=1S/C78H94O15/c79-41-72(50-88-77(60-90-73(52-80-42-64-25-9-1-10-26-64)53-81-43-65-27-11-2-12-28-65)61-91-74(54-82-44-66-29-13-3-14-30-66)55-83-45-67-31-15-4-16-32-67)51-89-78(62-92-75(56-84-46-68-33-17-5-18-34-68)57-85-47-69-35-19-6-20-36-69)63-93-76(58-86-48-70-37-21-7-22-38-70)59-87-49-71-39-23-8-24-40-71/h1-40,72-79H,41-63H2. The Morgan fingerprint density at radius 3 is 0.473 bits per heavy atom. The third-order valence-corrected chi connectivity index (χ3v) is 14.8. The van der Waals surface area contributed by atoms with Crippen LogP contribution >= 0.6 is 0 Å². The molecule has 0 bridgehead atoms. The first-order valence-corrected chi connectivity index (χ1v) is 32.3. The molecule has 8 rings (SSSR count). The van der Waals surface area contributed by atoms with Gasteiger partial charge in [0, 0.05) is 5.92 Å². The molecule has 15 heteroatoms. The van der Waals surface area contributed by atoms with Crippen LogP contribution < -0.4 is 0 Å². The smallest absolute Gasteiger partial charge is 0.104 e. The maximum atomic E-state index is 11.1. The van der Waals surface area contributed by atoms with E-state index in [-0.39, 0.29) is 99.1 Å². The van der Waals surface area contributed by atoms with Gasteiger partial charge >= 0.3 is 0 Å². The van der Waals surface area contributed by atoms with E-state index < -0.39 is 42.5 Å². The fraction of sp³-hybridized carbons (Fsp3) is 0.385. The van der Waals surface area contributed by atoms with Crippen LogP contribution in [0, 0.1) is 5.92 Å². The van der Waals surface area contributed by atoms with Gasteiger partial charge in [-0.05, 0) is 44.5 Å². The Morgan fingerprint density at radius 2 is 0.323 bits per heavy atom. The van der Waals surface area contributed by atoms with Gasteiger partial charge in [-0.15, -0.1) is 0 Å². The average Bonchev–Trinajstić information content (AvgIpc) is 3.78. The molecule has 0 saturated heterocycles. The topological polar surface area (TPSA) is 149 Å². The van der Waals surface area contributed by atoms with E-state index in [0.29, 0.717) is 52.9 Å². The van der Waals surface area contributed by atoms with Gasteiger partial charge in [-0.3, -0.25) is 0 Å². The van der Waals surface area contributed by atoms with Crippen molar-refractivity contribution >= 4 is 0 Å². The van der Waals surface area contributed by atoms with Crippen molar-refractivity contribution in [3.63, 3.8) is 0 Å². The highest BCUT2D eigenvalue weighted by Gasteiger charge is 2.25. The number of hydrogen-bond donors (Lipinski definition) is 1. The molecule has 1 N–H and O–H groups in total.